The monoisotopic (exact) mass is 269 g/mol. The fourth-order valence-corrected chi connectivity index (χ4v) is 2.19. The van der Waals surface area contributed by atoms with Gasteiger partial charge in [-0.3, -0.25) is 0 Å². The molecule has 0 amide bonds. The predicted molar refractivity (Wildman–Crippen MR) is 60.9 cm³/mol. The number of rotatable bonds is 2. The van der Waals surface area contributed by atoms with Crippen LogP contribution in [0.1, 0.15) is 5.01 Å². The maximum absolute atomic E-state index is 5.47. The van der Waals surface area contributed by atoms with Crippen molar-refractivity contribution in [3.63, 3.8) is 0 Å². The highest BCUT2D eigenvalue weighted by atomic mass is 79.9. The second kappa shape index (κ2) is 4.16. The lowest BCUT2D eigenvalue weighted by Crippen LogP contribution is -1.94. The van der Waals surface area contributed by atoms with Gasteiger partial charge in [-0.25, -0.2) is 0 Å². The first-order chi connectivity index (χ1) is 6.79. The summed E-state index contributed by atoms with van der Waals surface area (Å²) in [7, 11) is 0. The molecule has 0 spiro atoms. The summed E-state index contributed by atoms with van der Waals surface area (Å²) < 4.78 is 1.04. The fourth-order valence-electron chi connectivity index (χ4n) is 1.07. The molecule has 0 aliphatic heterocycles. The molecular weight excluding hydrogens is 262 g/mol. The maximum Gasteiger partial charge on any atom is 0.147 e. The Labute approximate surface area is 94.1 Å². The van der Waals surface area contributed by atoms with Crippen LogP contribution in [-0.2, 0) is 6.54 Å². The minimum absolute atomic E-state index is 0.450. The highest BCUT2D eigenvalue weighted by Gasteiger charge is 2.04. The van der Waals surface area contributed by atoms with Crippen LogP contribution < -0.4 is 5.73 Å². The molecule has 0 unspecified atom stereocenters. The standard InChI is InChI=1S/C9H8BrN3S/c10-7-3-1-2-6(4-7)9-13-12-8(5-11)14-9/h1-4H,5,11H2. The van der Waals surface area contributed by atoms with Crippen molar-refractivity contribution < 1.29 is 0 Å². The lowest BCUT2D eigenvalue weighted by atomic mass is 10.2. The Balaban J connectivity index is 2.39. The molecule has 0 radical (unpaired) electrons. The first-order valence-electron chi connectivity index (χ1n) is 4.08. The van der Waals surface area contributed by atoms with Gasteiger partial charge >= 0.3 is 0 Å². The van der Waals surface area contributed by atoms with E-state index < -0.39 is 0 Å². The van der Waals surface area contributed by atoms with Gasteiger partial charge in [-0.15, -0.1) is 10.2 Å². The van der Waals surface area contributed by atoms with E-state index in [1.54, 1.807) is 0 Å². The van der Waals surface area contributed by atoms with Gasteiger partial charge < -0.3 is 5.73 Å². The van der Waals surface area contributed by atoms with Crippen LogP contribution >= 0.6 is 27.3 Å². The molecule has 0 saturated carbocycles. The average Bonchev–Trinajstić information content (AvgIpc) is 2.66. The Bertz CT molecular complexity index is 441. The molecule has 0 atom stereocenters. The number of hydrogen-bond donors (Lipinski definition) is 1. The van der Waals surface area contributed by atoms with Gasteiger partial charge in [0.25, 0.3) is 0 Å². The third-order valence-corrected chi connectivity index (χ3v) is 3.20. The van der Waals surface area contributed by atoms with Gasteiger partial charge in [0.1, 0.15) is 10.0 Å². The van der Waals surface area contributed by atoms with Crippen molar-refractivity contribution >= 4 is 27.3 Å². The van der Waals surface area contributed by atoms with Gasteiger partial charge in [0.05, 0.1) is 0 Å². The molecule has 5 heteroatoms. The van der Waals surface area contributed by atoms with E-state index in [1.807, 2.05) is 24.3 Å². The van der Waals surface area contributed by atoms with E-state index in [0.29, 0.717) is 6.54 Å². The molecule has 0 aliphatic rings. The Kier molecular flexibility index (Phi) is 2.90. The zero-order valence-corrected chi connectivity index (χ0v) is 9.68. The van der Waals surface area contributed by atoms with E-state index in [1.165, 1.54) is 11.3 Å². The fraction of sp³-hybridized carbons (Fsp3) is 0.111. The normalized spacial score (nSPS) is 10.4. The number of hydrogen-bond acceptors (Lipinski definition) is 4. The highest BCUT2D eigenvalue weighted by molar-refractivity contribution is 9.10. The summed E-state index contributed by atoms with van der Waals surface area (Å²) in [5.41, 5.74) is 6.54. The van der Waals surface area contributed by atoms with Gasteiger partial charge in [-0.2, -0.15) is 0 Å². The summed E-state index contributed by atoms with van der Waals surface area (Å²) in [5.74, 6) is 0. The molecule has 0 fully saturated rings. The van der Waals surface area contributed by atoms with Crippen molar-refractivity contribution in [2.45, 2.75) is 6.54 Å². The lowest BCUT2D eigenvalue weighted by molar-refractivity contribution is 0.960. The molecular formula is C9H8BrN3S. The van der Waals surface area contributed by atoms with Crippen LogP contribution in [0.15, 0.2) is 28.7 Å². The highest BCUT2D eigenvalue weighted by Crippen LogP contribution is 2.25. The van der Waals surface area contributed by atoms with Crippen LogP contribution in [0.2, 0.25) is 0 Å². The Hall–Kier alpha value is -0.780. The molecule has 2 N–H and O–H groups in total. The van der Waals surface area contributed by atoms with Crippen LogP contribution in [0, 0.1) is 0 Å². The van der Waals surface area contributed by atoms with Crippen molar-refractivity contribution in [2.75, 3.05) is 0 Å². The van der Waals surface area contributed by atoms with Gasteiger partial charge in [0.15, 0.2) is 0 Å². The van der Waals surface area contributed by atoms with Crippen molar-refractivity contribution in [1.82, 2.24) is 10.2 Å². The van der Waals surface area contributed by atoms with Crippen LogP contribution in [0.25, 0.3) is 10.6 Å². The summed E-state index contributed by atoms with van der Waals surface area (Å²) >= 11 is 4.94. The van der Waals surface area contributed by atoms with Crippen LogP contribution in [0.3, 0.4) is 0 Å². The SMILES string of the molecule is NCc1nnc(-c2cccc(Br)c2)s1. The molecule has 14 heavy (non-hydrogen) atoms. The zero-order valence-electron chi connectivity index (χ0n) is 7.27. The first-order valence-corrected chi connectivity index (χ1v) is 5.69. The molecule has 0 aliphatic carbocycles. The van der Waals surface area contributed by atoms with Gasteiger partial charge in [-0.1, -0.05) is 39.4 Å². The van der Waals surface area contributed by atoms with Crippen molar-refractivity contribution in [3.05, 3.63) is 33.7 Å². The molecule has 1 aromatic heterocycles. The minimum atomic E-state index is 0.450. The summed E-state index contributed by atoms with van der Waals surface area (Å²) in [6, 6.07) is 7.98. The predicted octanol–water partition coefficient (Wildman–Crippen LogP) is 2.43. The van der Waals surface area contributed by atoms with Gasteiger partial charge in [-0.05, 0) is 12.1 Å². The largest absolute Gasteiger partial charge is 0.324 e. The summed E-state index contributed by atoms with van der Waals surface area (Å²) in [6.07, 6.45) is 0. The van der Waals surface area contributed by atoms with E-state index in [0.717, 1.165) is 20.1 Å². The second-order valence-corrected chi connectivity index (χ2v) is 4.69. The number of nitrogens with two attached hydrogens (primary N) is 1. The first kappa shape index (κ1) is 9.76. The van der Waals surface area contributed by atoms with Gasteiger partial charge in [0, 0.05) is 16.6 Å². The van der Waals surface area contributed by atoms with Crippen molar-refractivity contribution in [3.8, 4) is 10.6 Å². The summed E-state index contributed by atoms with van der Waals surface area (Å²) in [4.78, 5) is 0. The van der Waals surface area contributed by atoms with E-state index in [2.05, 4.69) is 26.1 Å². The van der Waals surface area contributed by atoms with Crippen molar-refractivity contribution in [1.29, 1.82) is 0 Å². The van der Waals surface area contributed by atoms with Crippen LogP contribution in [-0.4, -0.2) is 10.2 Å². The molecule has 3 nitrogen and oxygen atoms in total. The number of aromatic nitrogens is 2. The third-order valence-electron chi connectivity index (χ3n) is 1.71. The zero-order chi connectivity index (χ0) is 9.97. The van der Waals surface area contributed by atoms with E-state index in [4.69, 9.17) is 5.73 Å². The van der Waals surface area contributed by atoms with E-state index >= 15 is 0 Å². The maximum atomic E-state index is 5.47. The third kappa shape index (κ3) is 2.00. The number of nitrogens with zero attached hydrogens (tertiary/aromatic N) is 2. The molecule has 1 heterocycles. The van der Waals surface area contributed by atoms with Crippen LogP contribution in [0.5, 0.6) is 0 Å². The topological polar surface area (TPSA) is 51.8 Å². The molecule has 0 saturated heterocycles. The molecule has 1 aromatic carbocycles. The summed E-state index contributed by atoms with van der Waals surface area (Å²) in [6.45, 7) is 0.450. The smallest absolute Gasteiger partial charge is 0.147 e. The average molecular weight is 270 g/mol. The summed E-state index contributed by atoms with van der Waals surface area (Å²) in [5, 5.41) is 9.81. The van der Waals surface area contributed by atoms with Crippen LogP contribution in [0.4, 0.5) is 0 Å². The molecule has 2 rings (SSSR count). The Morgan fingerprint density at radius 1 is 1.36 bits per heavy atom. The van der Waals surface area contributed by atoms with E-state index in [9.17, 15) is 0 Å². The number of benzene rings is 1. The quantitative estimate of drug-likeness (QED) is 0.911. The number of halogens is 1. The lowest BCUT2D eigenvalue weighted by Gasteiger charge is -1.94. The minimum Gasteiger partial charge on any atom is -0.324 e. The van der Waals surface area contributed by atoms with Gasteiger partial charge in [0.2, 0.25) is 0 Å². The Morgan fingerprint density at radius 3 is 2.86 bits per heavy atom. The van der Waals surface area contributed by atoms with E-state index in [-0.39, 0.29) is 0 Å². The molecule has 72 valence electrons. The van der Waals surface area contributed by atoms with Crippen molar-refractivity contribution in [2.24, 2.45) is 5.73 Å². The molecule has 0 bridgehead atoms. The molecule has 2 aromatic rings. The second-order valence-electron chi connectivity index (χ2n) is 2.72. The Morgan fingerprint density at radius 2 is 2.21 bits per heavy atom.